The molecular weight excluding hydrogens is 312 g/mol. The summed E-state index contributed by atoms with van der Waals surface area (Å²) in [7, 11) is 1.40. The number of hydrogen-bond donors (Lipinski definition) is 3. The molecule has 2 aromatic rings. The smallest absolute Gasteiger partial charge is 0.323 e. The van der Waals surface area contributed by atoms with Crippen molar-refractivity contribution in [3.05, 3.63) is 28.7 Å². The molecule has 3 N–H and O–H groups in total. The Morgan fingerprint density at radius 2 is 1.96 bits per heavy atom. The summed E-state index contributed by atoms with van der Waals surface area (Å²) in [5.74, 6) is -0.362. The molecule has 2 heterocycles. The van der Waals surface area contributed by atoms with Gasteiger partial charge in [0, 0.05) is 5.69 Å². The third kappa shape index (κ3) is 3.65. The first-order valence-corrected chi connectivity index (χ1v) is 7.87. The highest BCUT2D eigenvalue weighted by molar-refractivity contribution is 5.94. The number of anilines is 1. The van der Waals surface area contributed by atoms with E-state index in [1.807, 2.05) is 4.90 Å². The van der Waals surface area contributed by atoms with Crippen molar-refractivity contribution in [2.45, 2.75) is 12.8 Å². The van der Waals surface area contributed by atoms with E-state index >= 15 is 0 Å². The molecule has 0 aliphatic carbocycles. The first-order valence-electron chi connectivity index (χ1n) is 7.87. The minimum Gasteiger partial charge on any atom is -0.469 e. The van der Waals surface area contributed by atoms with Gasteiger partial charge in [0.15, 0.2) is 0 Å². The average Bonchev–Trinajstić information content (AvgIpc) is 2.94. The van der Waals surface area contributed by atoms with Crippen molar-refractivity contribution in [1.29, 1.82) is 0 Å². The van der Waals surface area contributed by atoms with Crippen molar-refractivity contribution in [3.63, 3.8) is 0 Å². The lowest BCUT2D eigenvalue weighted by molar-refractivity contribution is -0.147. The minimum atomic E-state index is -0.276. The van der Waals surface area contributed by atoms with Crippen LogP contribution in [-0.2, 0) is 14.3 Å². The SMILES string of the molecule is COC(=O)C1CCN(CC(=O)Nc2ccc3[nH]c(=O)[nH]c3c2)CC1. The summed E-state index contributed by atoms with van der Waals surface area (Å²) in [6.07, 6.45) is 1.41. The van der Waals surface area contributed by atoms with Crippen LogP contribution in [-0.4, -0.2) is 53.5 Å². The zero-order valence-corrected chi connectivity index (χ0v) is 13.4. The standard InChI is InChI=1S/C16H20N4O4/c1-24-15(22)10-4-6-20(7-5-10)9-14(21)17-11-2-3-12-13(8-11)19-16(23)18-12/h2-3,8,10H,4-7,9H2,1H3,(H,17,21)(H2,18,19,23). The number of rotatable bonds is 4. The first-order chi connectivity index (χ1) is 11.5. The molecule has 1 aliphatic rings. The topological polar surface area (TPSA) is 107 Å². The van der Waals surface area contributed by atoms with Gasteiger partial charge in [-0.15, -0.1) is 0 Å². The van der Waals surface area contributed by atoms with Gasteiger partial charge in [-0.2, -0.15) is 0 Å². The number of aromatic nitrogens is 2. The summed E-state index contributed by atoms with van der Waals surface area (Å²) in [5, 5.41) is 2.83. The number of hydrogen-bond acceptors (Lipinski definition) is 5. The van der Waals surface area contributed by atoms with E-state index in [4.69, 9.17) is 4.74 Å². The van der Waals surface area contributed by atoms with Crippen molar-refractivity contribution in [2.75, 3.05) is 32.1 Å². The Morgan fingerprint density at radius 3 is 2.67 bits per heavy atom. The fourth-order valence-electron chi connectivity index (χ4n) is 3.01. The number of carbonyl (C=O) groups is 2. The van der Waals surface area contributed by atoms with Gasteiger partial charge >= 0.3 is 11.7 Å². The van der Waals surface area contributed by atoms with E-state index in [1.165, 1.54) is 7.11 Å². The van der Waals surface area contributed by atoms with E-state index in [2.05, 4.69) is 15.3 Å². The molecule has 1 fully saturated rings. The van der Waals surface area contributed by atoms with Crippen molar-refractivity contribution in [3.8, 4) is 0 Å². The van der Waals surface area contributed by atoms with Gasteiger partial charge in [-0.1, -0.05) is 0 Å². The Kier molecular flexibility index (Phi) is 4.66. The minimum absolute atomic E-state index is 0.0675. The van der Waals surface area contributed by atoms with E-state index < -0.39 is 0 Å². The number of aromatic amines is 2. The van der Waals surface area contributed by atoms with Crippen LogP contribution in [0.4, 0.5) is 5.69 Å². The number of carbonyl (C=O) groups excluding carboxylic acids is 2. The number of fused-ring (bicyclic) bond motifs is 1. The van der Waals surface area contributed by atoms with Gasteiger partial charge in [-0.3, -0.25) is 14.5 Å². The molecule has 0 saturated carbocycles. The molecular formula is C16H20N4O4. The lowest BCUT2D eigenvalue weighted by Crippen LogP contribution is -2.41. The quantitative estimate of drug-likeness (QED) is 0.714. The maximum atomic E-state index is 12.2. The number of nitrogens with one attached hydrogen (secondary N) is 3. The van der Waals surface area contributed by atoms with Crippen molar-refractivity contribution in [2.24, 2.45) is 5.92 Å². The van der Waals surface area contributed by atoms with E-state index in [-0.39, 0.29) is 30.0 Å². The molecule has 3 rings (SSSR count). The number of piperidine rings is 1. The second-order valence-corrected chi connectivity index (χ2v) is 5.96. The number of imidazole rings is 1. The molecule has 24 heavy (non-hydrogen) atoms. The summed E-state index contributed by atoms with van der Waals surface area (Å²) < 4.78 is 4.76. The molecule has 128 valence electrons. The maximum Gasteiger partial charge on any atom is 0.323 e. The van der Waals surface area contributed by atoms with Crippen molar-refractivity contribution in [1.82, 2.24) is 14.9 Å². The molecule has 1 aliphatic heterocycles. The lowest BCUT2D eigenvalue weighted by Gasteiger charge is -2.29. The molecule has 8 nitrogen and oxygen atoms in total. The highest BCUT2D eigenvalue weighted by Crippen LogP contribution is 2.19. The lowest BCUT2D eigenvalue weighted by atomic mass is 9.97. The molecule has 0 atom stereocenters. The second-order valence-electron chi connectivity index (χ2n) is 5.96. The second kappa shape index (κ2) is 6.88. The summed E-state index contributed by atoms with van der Waals surface area (Å²) in [5.41, 5.74) is 1.70. The number of likely N-dealkylation sites (tertiary alicyclic amines) is 1. The number of benzene rings is 1. The van der Waals surface area contributed by atoms with Gasteiger partial charge in [0.25, 0.3) is 0 Å². The number of H-pyrrole nitrogens is 2. The van der Waals surface area contributed by atoms with Crippen LogP contribution in [0, 0.1) is 5.92 Å². The van der Waals surface area contributed by atoms with Gasteiger partial charge in [0.1, 0.15) is 0 Å². The number of ether oxygens (including phenoxy) is 1. The number of amides is 1. The van der Waals surface area contributed by atoms with Gasteiger partial charge in [0.05, 0.1) is 30.6 Å². The molecule has 0 radical (unpaired) electrons. The van der Waals surface area contributed by atoms with Gasteiger partial charge in [-0.25, -0.2) is 4.79 Å². The molecule has 1 amide bonds. The van der Waals surface area contributed by atoms with E-state index in [1.54, 1.807) is 18.2 Å². The number of esters is 1. The predicted octanol–water partition coefficient (Wildman–Crippen LogP) is 0.680. The maximum absolute atomic E-state index is 12.2. The average molecular weight is 332 g/mol. The van der Waals surface area contributed by atoms with Crippen LogP contribution in [0.2, 0.25) is 0 Å². The Bertz CT molecular complexity index is 802. The molecule has 0 bridgehead atoms. The third-order valence-electron chi connectivity index (χ3n) is 4.29. The van der Waals surface area contributed by atoms with Gasteiger partial charge < -0.3 is 20.0 Å². The Balaban J connectivity index is 1.53. The van der Waals surface area contributed by atoms with Crippen molar-refractivity contribution >= 4 is 28.6 Å². The van der Waals surface area contributed by atoms with Crippen LogP contribution >= 0.6 is 0 Å². The van der Waals surface area contributed by atoms with E-state index in [9.17, 15) is 14.4 Å². The van der Waals surface area contributed by atoms with Crippen LogP contribution in [0.5, 0.6) is 0 Å². The van der Waals surface area contributed by atoms with Crippen molar-refractivity contribution < 1.29 is 14.3 Å². The number of nitrogens with zero attached hydrogens (tertiary/aromatic N) is 1. The van der Waals surface area contributed by atoms with Crippen LogP contribution in [0.15, 0.2) is 23.0 Å². The largest absolute Gasteiger partial charge is 0.469 e. The highest BCUT2D eigenvalue weighted by atomic mass is 16.5. The fraction of sp³-hybridized carbons (Fsp3) is 0.438. The molecule has 1 saturated heterocycles. The van der Waals surface area contributed by atoms with E-state index in [0.29, 0.717) is 42.7 Å². The first kappa shape index (κ1) is 16.3. The summed E-state index contributed by atoms with van der Waals surface area (Å²) in [6, 6.07) is 5.20. The Morgan fingerprint density at radius 1 is 1.25 bits per heavy atom. The highest BCUT2D eigenvalue weighted by Gasteiger charge is 2.26. The molecule has 1 aromatic carbocycles. The Labute approximate surface area is 138 Å². The van der Waals surface area contributed by atoms with Crippen LogP contribution < -0.4 is 11.0 Å². The fourth-order valence-corrected chi connectivity index (χ4v) is 3.01. The third-order valence-corrected chi connectivity index (χ3v) is 4.29. The molecule has 1 aromatic heterocycles. The normalized spacial score (nSPS) is 16.2. The zero-order chi connectivity index (χ0) is 17.1. The number of methoxy groups -OCH3 is 1. The monoisotopic (exact) mass is 332 g/mol. The van der Waals surface area contributed by atoms with Crippen LogP contribution in [0.3, 0.4) is 0 Å². The Hall–Kier alpha value is -2.61. The summed E-state index contributed by atoms with van der Waals surface area (Å²) >= 11 is 0. The zero-order valence-electron chi connectivity index (χ0n) is 13.4. The molecule has 0 unspecified atom stereocenters. The van der Waals surface area contributed by atoms with Crippen LogP contribution in [0.1, 0.15) is 12.8 Å². The molecule has 8 heteroatoms. The predicted molar refractivity (Wildman–Crippen MR) is 88.7 cm³/mol. The van der Waals surface area contributed by atoms with E-state index in [0.717, 1.165) is 0 Å². The summed E-state index contributed by atoms with van der Waals surface area (Å²) in [4.78, 5) is 42.2. The van der Waals surface area contributed by atoms with Gasteiger partial charge in [-0.05, 0) is 44.1 Å². The summed E-state index contributed by atoms with van der Waals surface area (Å²) in [6.45, 7) is 1.66. The van der Waals surface area contributed by atoms with Crippen LogP contribution in [0.25, 0.3) is 11.0 Å². The van der Waals surface area contributed by atoms with Gasteiger partial charge in [0.2, 0.25) is 5.91 Å². The molecule has 0 spiro atoms.